The molecule has 0 aromatic carbocycles. The van der Waals surface area contributed by atoms with Crippen LogP contribution in [-0.2, 0) is 28.1 Å². The van der Waals surface area contributed by atoms with Crippen molar-refractivity contribution in [2.24, 2.45) is 0 Å². The highest BCUT2D eigenvalue weighted by atomic mass is 28.4. The van der Waals surface area contributed by atoms with Crippen LogP contribution >= 0.6 is 0 Å². The Morgan fingerprint density at radius 3 is 1.96 bits per heavy atom. The molecule has 0 aromatic heterocycles. The second-order valence-electron chi connectivity index (χ2n) is 9.78. The van der Waals surface area contributed by atoms with E-state index in [0.717, 1.165) is 0 Å². The lowest BCUT2D eigenvalue weighted by atomic mass is 9.99. The first-order valence-electron chi connectivity index (χ1n) is 9.22. The van der Waals surface area contributed by atoms with Gasteiger partial charge in [0.25, 0.3) is 0 Å². The third kappa shape index (κ3) is 3.83. The van der Waals surface area contributed by atoms with Crippen LogP contribution in [0, 0.1) is 0 Å². The summed E-state index contributed by atoms with van der Waals surface area (Å²) in [6, 6.07) is 0. The fourth-order valence-corrected chi connectivity index (χ4v) is 4.35. The molecule has 0 spiro atoms. The Morgan fingerprint density at radius 2 is 1.36 bits per heavy atom. The lowest BCUT2D eigenvalue weighted by Gasteiger charge is -2.41. The number of hydrogen-bond acceptors (Lipinski definition) is 6. The van der Waals surface area contributed by atoms with Gasteiger partial charge in [-0.15, -0.1) is 0 Å². The highest BCUT2D eigenvalue weighted by Crippen LogP contribution is 2.45. The van der Waals surface area contributed by atoms with E-state index in [9.17, 15) is 0 Å². The summed E-state index contributed by atoms with van der Waals surface area (Å²) in [4.78, 5) is 0. The summed E-state index contributed by atoms with van der Waals surface area (Å²) >= 11 is 0. The number of fused-ring (bicyclic) bond motifs is 3. The molecule has 3 fully saturated rings. The van der Waals surface area contributed by atoms with E-state index in [0.29, 0.717) is 6.61 Å². The van der Waals surface area contributed by atoms with Crippen LogP contribution in [0.4, 0.5) is 0 Å². The minimum atomic E-state index is -1.88. The van der Waals surface area contributed by atoms with Crippen molar-refractivity contribution in [2.45, 2.75) is 109 Å². The van der Waals surface area contributed by atoms with Gasteiger partial charge in [0, 0.05) is 0 Å². The van der Waals surface area contributed by atoms with E-state index in [1.807, 2.05) is 27.7 Å². The van der Waals surface area contributed by atoms with E-state index < -0.39 is 26.2 Å². The van der Waals surface area contributed by atoms with Crippen LogP contribution in [0.2, 0.25) is 18.1 Å². The highest BCUT2D eigenvalue weighted by Gasteiger charge is 2.60. The van der Waals surface area contributed by atoms with Crippen molar-refractivity contribution < 1.29 is 28.1 Å². The Bertz CT molecular complexity index is 512. The minimum Gasteiger partial charge on any atom is -0.414 e. The lowest BCUT2D eigenvalue weighted by molar-refractivity contribution is -0.239. The Balaban J connectivity index is 1.76. The molecule has 3 rings (SSSR count). The molecule has 146 valence electrons. The molecule has 3 aliphatic heterocycles. The van der Waals surface area contributed by atoms with Gasteiger partial charge in [-0.25, -0.2) is 0 Å². The van der Waals surface area contributed by atoms with Crippen LogP contribution in [0.25, 0.3) is 0 Å². The Labute approximate surface area is 152 Å². The van der Waals surface area contributed by atoms with Gasteiger partial charge in [0.05, 0.1) is 6.61 Å². The van der Waals surface area contributed by atoms with Gasteiger partial charge in [-0.05, 0) is 45.8 Å². The summed E-state index contributed by atoms with van der Waals surface area (Å²) in [5.74, 6) is -1.36. The molecule has 0 aromatic rings. The van der Waals surface area contributed by atoms with E-state index >= 15 is 0 Å². The SMILES string of the molecule is CC1(C)OC2OC(CO[Si](C)(C)C(C)(C)C)C3OC(C)(C)OC3C2O1. The van der Waals surface area contributed by atoms with Gasteiger partial charge in [0.2, 0.25) is 0 Å². The molecule has 3 aliphatic rings. The molecule has 5 atom stereocenters. The Kier molecular flexibility index (Phi) is 4.73. The van der Waals surface area contributed by atoms with Crippen LogP contribution in [0.1, 0.15) is 48.5 Å². The van der Waals surface area contributed by atoms with Crippen LogP contribution in [0.3, 0.4) is 0 Å². The number of rotatable bonds is 3. The van der Waals surface area contributed by atoms with Crippen LogP contribution in [0.5, 0.6) is 0 Å². The van der Waals surface area contributed by atoms with Crippen molar-refractivity contribution in [3.05, 3.63) is 0 Å². The number of ether oxygens (including phenoxy) is 5. The smallest absolute Gasteiger partial charge is 0.192 e. The molecule has 7 heteroatoms. The van der Waals surface area contributed by atoms with Crippen molar-refractivity contribution in [2.75, 3.05) is 6.61 Å². The maximum atomic E-state index is 6.39. The van der Waals surface area contributed by atoms with Crippen LogP contribution in [0.15, 0.2) is 0 Å². The quantitative estimate of drug-likeness (QED) is 0.706. The molecule has 0 aliphatic carbocycles. The molecule has 0 amide bonds. The van der Waals surface area contributed by atoms with E-state index in [1.165, 1.54) is 0 Å². The molecular weight excluding hydrogens is 340 g/mol. The Hall–Kier alpha value is -0.0231. The molecule has 3 saturated heterocycles. The first-order chi connectivity index (χ1) is 11.2. The molecule has 0 N–H and O–H groups in total. The zero-order chi connectivity index (χ0) is 18.8. The first-order valence-corrected chi connectivity index (χ1v) is 12.1. The van der Waals surface area contributed by atoms with Gasteiger partial charge in [0.1, 0.15) is 24.4 Å². The normalized spacial score (nSPS) is 40.0. The third-order valence-electron chi connectivity index (χ3n) is 5.67. The van der Waals surface area contributed by atoms with Gasteiger partial charge >= 0.3 is 0 Å². The summed E-state index contributed by atoms with van der Waals surface area (Å²) in [5.41, 5.74) is 0. The van der Waals surface area contributed by atoms with Gasteiger partial charge < -0.3 is 28.1 Å². The third-order valence-corrected chi connectivity index (χ3v) is 10.2. The number of hydrogen-bond donors (Lipinski definition) is 0. The minimum absolute atomic E-state index is 0.144. The summed E-state index contributed by atoms with van der Waals surface area (Å²) in [6.45, 7) is 19.3. The molecule has 0 saturated carbocycles. The topological polar surface area (TPSA) is 55.4 Å². The van der Waals surface area contributed by atoms with Gasteiger partial charge in [-0.3, -0.25) is 0 Å². The summed E-state index contributed by atoms with van der Waals surface area (Å²) in [5, 5.41) is 0.144. The molecule has 3 heterocycles. The zero-order valence-electron chi connectivity index (χ0n) is 17.0. The second-order valence-corrected chi connectivity index (χ2v) is 14.6. The van der Waals surface area contributed by atoms with Crippen LogP contribution < -0.4 is 0 Å². The highest BCUT2D eigenvalue weighted by molar-refractivity contribution is 6.74. The molecule has 25 heavy (non-hydrogen) atoms. The molecule has 5 unspecified atom stereocenters. The van der Waals surface area contributed by atoms with Gasteiger partial charge in [-0.2, -0.15) is 0 Å². The van der Waals surface area contributed by atoms with Gasteiger partial charge in [0.15, 0.2) is 26.2 Å². The van der Waals surface area contributed by atoms with Crippen molar-refractivity contribution in [3.63, 3.8) is 0 Å². The lowest BCUT2D eigenvalue weighted by Crippen LogP contribution is -2.57. The van der Waals surface area contributed by atoms with E-state index in [2.05, 4.69) is 33.9 Å². The fraction of sp³-hybridized carbons (Fsp3) is 1.00. The van der Waals surface area contributed by atoms with Crippen molar-refractivity contribution in [3.8, 4) is 0 Å². The summed E-state index contributed by atoms with van der Waals surface area (Å²) in [7, 11) is -1.88. The standard InChI is InChI=1S/C18H34O6Si/c1-16(2,3)25(8,9)19-10-11-12-13(22-17(4,5)21-12)14-15(20-11)24-18(6,7)23-14/h11-15H,10H2,1-9H3. The van der Waals surface area contributed by atoms with Crippen molar-refractivity contribution in [1.82, 2.24) is 0 Å². The predicted octanol–water partition coefficient (Wildman–Crippen LogP) is 3.40. The molecular formula is C18H34O6Si. The van der Waals surface area contributed by atoms with Crippen molar-refractivity contribution in [1.29, 1.82) is 0 Å². The van der Waals surface area contributed by atoms with Gasteiger partial charge in [-0.1, -0.05) is 20.8 Å². The average molecular weight is 375 g/mol. The van der Waals surface area contributed by atoms with Crippen molar-refractivity contribution >= 4 is 8.32 Å². The first kappa shape index (κ1) is 19.7. The maximum absolute atomic E-state index is 6.39. The zero-order valence-corrected chi connectivity index (χ0v) is 18.0. The van der Waals surface area contributed by atoms with E-state index in [1.54, 1.807) is 0 Å². The molecule has 6 nitrogen and oxygen atoms in total. The summed E-state index contributed by atoms with van der Waals surface area (Å²) in [6.07, 6.45) is -1.42. The average Bonchev–Trinajstić information content (AvgIpc) is 2.89. The van der Waals surface area contributed by atoms with Crippen LogP contribution in [-0.4, -0.2) is 57.2 Å². The molecule has 0 radical (unpaired) electrons. The molecule has 0 bridgehead atoms. The second kappa shape index (κ2) is 5.99. The monoisotopic (exact) mass is 374 g/mol. The van der Waals surface area contributed by atoms with E-state index in [-0.39, 0.29) is 29.5 Å². The fourth-order valence-electron chi connectivity index (χ4n) is 3.33. The maximum Gasteiger partial charge on any atom is 0.192 e. The Morgan fingerprint density at radius 1 is 0.840 bits per heavy atom. The largest absolute Gasteiger partial charge is 0.414 e. The summed E-state index contributed by atoms with van der Waals surface area (Å²) < 4.78 is 36.8. The predicted molar refractivity (Wildman–Crippen MR) is 95.7 cm³/mol. The van der Waals surface area contributed by atoms with E-state index in [4.69, 9.17) is 28.1 Å².